The fourth-order valence-electron chi connectivity index (χ4n) is 3.04. The number of fused-ring (bicyclic) bond motifs is 1. The fourth-order valence-corrected chi connectivity index (χ4v) is 3.04. The average molecular weight is 279 g/mol. The highest BCUT2D eigenvalue weighted by atomic mass is 16.5. The topological polar surface area (TPSA) is 12.5 Å². The Morgan fingerprint density at radius 1 is 0.905 bits per heavy atom. The number of nitrogens with zero attached hydrogens (tertiary/aromatic N) is 1. The van der Waals surface area contributed by atoms with Gasteiger partial charge < -0.3 is 9.64 Å². The molecular weight excluding hydrogens is 258 g/mol. The fraction of sp³-hybridized carbons (Fsp3) is 0.368. The van der Waals surface area contributed by atoms with E-state index in [1.54, 1.807) is 0 Å². The SMILES string of the molecule is CN(c1ccc(OC2CC2)cc1)c1ccc2c(c1)CCC2. The first-order valence-corrected chi connectivity index (χ1v) is 7.92. The lowest BCUT2D eigenvalue weighted by Crippen LogP contribution is -2.09. The Labute approximate surface area is 126 Å². The van der Waals surface area contributed by atoms with Gasteiger partial charge in [0.2, 0.25) is 0 Å². The van der Waals surface area contributed by atoms with Crippen LogP contribution < -0.4 is 9.64 Å². The van der Waals surface area contributed by atoms with Gasteiger partial charge in [-0.1, -0.05) is 6.07 Å². The van der Waals surface area contributed by atoms with E-state index in [9.17, 15) is 0 Å². The Balaban J connectivity index is 1.54. The first-order chi connectivity index (χ1) is 10.3. The summed E-state index contributed by atoms with van der Waals surface area (Å²) in [6, 6.07) is 15.3. The summed E-state index contributed by atoms with van der Waals surface area (Å²) in [4.78, 5) is 2.25. The second-order valence-electron chi connectivity index (χ2n) is 6.18. The zero-order valence-electron chi connectivity index (χ0n) is 12.5. The molecule has 2 aliphatic rings. The predicted molar refractivity (Wildman–Crippen MR) is 86.6 cm³/mol. The number of rotatable bonds is 4. The minimum absolute atomic E-state index is 0.463. The van der Waals surface area contributed by atoms with Crippen LogP contribution in [0.2, 0.25) is 0 Å². The van der Waals surface area contributed by atoms with E-state index in [4.69, 9.17) is 4.74 Å². The third-order valence-corrected chi connectivity index (χ3v) is 4.52. The molecule has 1 fully saturated rings. The highest BCUT2D eigenvalue weighted by Gasteiger charge is 2.23. The van der Waals surface area contributed by atoms with Crippen LogP contribution in [0.1, 0.15) is 30.4 Å². The Morgan fingerprint density at radius 2 is 1.62 bits per heavy atom. The van der Waals surface area contributed by atoms with E-state index in [1.165, 1.54) is 54.6 Å². The van der Waals surface area contributed by atoms with E-state index in [0.717, 1.165) is 5.75 Å². The summed E-state index contributed by atoms with van der Waals surface area (Å²) in [5, 5.41) is 0. The Kier molecular flexibility index (Phi) is 3.10. The predicted octanol–water partition coefficient (Wildman–Crippen LogP) is 4.48. The molecular formula is C19H21NO. The van der Waals surface area contributed by atoms with Crippen molar-refractivity contribution in [1.82, 2.24) is 0 Å². The summed E-state index contributed by atoms with van der Waals surface area (Å²) in [5.74, 6) is 0.989. The minimum atomic E-state index is 0.463. The molecule has 0 aromatic heterocycles. The van der Waals surface area contributed by atoms with Crippen LogP contribution in [0.4, 0.5) is 11.4 Å². The normalized spacial score (nSPS) is 16.6. The molecule has 21 heavy (non-hydrogen) atoms. The molecule has 0 radical (unpaired) electrons. The van der Waals surface area contributed by atoms with Gasteiger partial charge in [-0.15, -0.1) is 0 Å². The molecule has 0 aliphatic heterocycles. The molecule has 2 nitrogen and oxygen atoms in total. The van der Waals surface area contributed by atoms with Crippen molar-refractivity contribution >= 4 is 11.4 Å². The van der Waals surface area contributed by atoms with Crippen molar-refractivity contribution in [2.45, 2.75) is 38.2 Å². The molecule has 2 aliphatic carbocycles. The maximum absolute atomic E-state index is 5.81. The lowest BCUT2D eigenvalue weighted by Gasteiger charge is -2.21. The third kappa shape index (κ3) is 2.63. The van der Waals surface area contributed by atoms with E-state index >= 15 is 0 Å². The Hall–Kier alpha value is -1.96. The van der Waals surface area contributed by atoms with Crippen LogP contribution in [-0.4, -0.2) is 13.2 Å². The maximum Gasteiger partial charge on any atom is 0.119 e. The van der Waals surface area contributed by atoms with E-state index in [2.05, 4.69) is 54.4 Å². The van der Waals surface area contributed by atoms with Gasteiger partial charge in [0.15, 0.2) is 0 Å². The van der Waals surface area contributed by atoms with Crippen LogP contribution in [-0.2, 0) is 12.8 Å². The van der Waals surface area contributed by atoms with Gasteiger partial charge >= 0.3 is 0 Å². The molecule has 0 bridgehead atoms. The van der Waals surface area contributed by atoms with Crippen molar-refractivity contribution in [3.05, 3.63) is 53.6 Å². The van der Waals surface area contributed by atoms with Crippen LogP contribution in [0.25, 0.3) is 0 Å². The largest absolute Gasteiger partial charge is 0.490 e. The van der Waals surface area contributed by atoms with Crippen molar-refractivity contribution in [1.29, 1.82) is 0 Å². The highest BCUT2D eigenvalue weighted by Crippen LogP contribution is 2.32. The highest BCUT2D eigenvalue weighted by molar-refractivity contribution is 5.64. The number of benzene rings is 2. The van der Waals surface area contributed by atoms with E-state index in [0.29, 0.717) is 6.10 Å². The number of ether oxygens (including phenoxy) is 1. The lowest BCUT2D eigenvalue weighted by atomic mass is 10.1. The quantitative estimate of drug-likeness (QED) is 0.818. The minimum Gasteiger partial charge on any atom is -0.490 e. The molecule has 2 heteroatoms. The number of hydrogen-bond acceptors (Lipinski definition) is 2. The Bertz CT molecular complexity index is 643. The molecule has 0 N–H and O–H groups in total. The molecule has 0 atom stereocenters. The van der Waals surface area contributed by atoms with Gasteiger partial charge in [-0.3, -0.25) is 0 Å². The van der Waals surface area contributed by atoms with Gasteiger partial charge in [-0.2, -0.15) is 0 Å². The summed E-state index contributed by atoms with van der Waals surface area (Å²) in [5.41, 5.74) is 5.52. The lowest BCUT2D eigenvalue weighted by molar-refractivity contribution is 0.303. The summed E-state index contributed by atoms with van der Waals surface area (Å²) in [7, 11) is 2.13. The molecule has 0 amide bonds. The second kappa shape index (κ2) is 5.10. The van der Waals surface area contributed by atoms with Crippen molar-refractivity contribution < 1.29 is 4.74 Å². The smallest absolute Gasteiger partial charge is 0.119 e. The van der Waals surface area contributed by atoms with Crippen LogP contribution in [0.5, 0.6) is 5.75 Å². The molecule has 0 unspecified atom stereocenters. The summed E-state index contributed by atoms with van der Waals surface area (Å²) < 4.78 is 5.81. The first kappa shape index (κ1) is 12.8. The summed E-state index contributed by atoms with van der Waals surface area (Å²) in [6.07, 6.45) is 6.64. The van der Waals surface area contributed by atoms with E-state index in [1.807, 2.05) is 0 Å². The van der Waals surface area contributed by atoms with Gasteiger partial charge in [0, 0.05) is 18.4 Å². The van der Waals surface area contributed by atoms with Crippen LogP contribution in [0.3, 0.4) is 0 Å². The van der Waals surface area contributed by atoms with Crippen molar-refractivity contribution in [3.8, 4) is 5.75 Å². The van der Waals surface area contributed by atoms with Crippen molar-refractivity contribution in [2.75, 3.05) is 11.9 Å². The molecule has 108 valence electrons. The monoisotopic (exact) mass is 279 g/mol. The van der Waals surface area contributed by atoms with Crippen LogP contribution in [0, 0.1) is 0 Å². The molecule has 0 spiro atoms. The van der Waals surface area contributed by atoms with Crippen molar-refractivity contribution in [2.24, 2.45) is 0 Å². The zero-order chi connectivity index (χ0) is 14.2. The first-order valence-electron chi connectivity index (χ1n) is 7.92. The molecule has 4 rings (SSSR count). The van der Waals surface area contributed by atoms with Gasteiger partial charge in [0.1, 0.15) is 5.75 Å². The third-order valence-electron chi connectivity index (χ3n) is 4.52. The Morgan fingerprint density at radius 3 is 2.38 bits per heavy atom. The summed E-state index contributed by atoms with van der Waals surface area (Å²) >= 11 is 0. The van der Waals surface area contributed by atoms with Crippen LogP contribution >= 0.6 is 0 Å². The number of anilines is 2. The number of hydrogen-bond donors (Lipinski definition) is 0. The molecule has 0 heterocycles. The molecule has 2 aromatic rings. The van der Waals surface area contributed by atoms with Crippen LogP contribution in [0.15, 0.2) is 42.5 Å². The zero-order valence-corrected chi connectivity index (χ0v) is 12.5. The average Bonchev–Trinajstić information content (AvgIpc) is 3.21. The van der Waals surface area contributed by atoms with Gasteiger partial charge in [0.05, 0.1) is 6.10 Å². The van der Waals surface area contributed by atoms with E-state index < -0.39 is 0 Å². The molecule has 2 aromatic carbocycles. The van der Waals surface area contributed by atoms with Gasteiger partial charge in [-0.25, -0.2) is 0 Å². The van der Waals surface area contributed by atoms with E-state index in [-0.39, 0.29) is 0 Å². The number of aryl methyl sites for hydroxylation is 2. The molecule has 0 saturated heterocycles. The maximum atomic E-state index is 5.81. The molecule has 1 saturated carbocycles. The summed E-state index contributed by atoms with van der Waals surface area (Å²) in [6.45, 7) is 0. The second-order valence-corrected chi connectivity index (χ2v) is 6.18. The van der Waals surface area contributed by atoms with Crippen molar-refractivity contribution in [3.63, 3.8) is 0 Å². The van der Waals surface area contributed by atoms with Gasteiger partial charge in [-0.05, 0) is 79.6 Å². The van der Waals surface area contributed by atoms with Gasteiger partial charge in [0.25, 0.3) is 0 Å². The standard InChI is InChI=1S/C19H21NO/c1-20(17-6-5-14-3-2-4-15(14)13-17)16-7-9-18(10-8-16)21-19-11-12-19/h5-10,13,19H,2-4,11-12H2,1H3.